The second-order valence-electron chi connectivity index (χ2n) is 6.48. The largest absolute Gasteiger partial charge is 0.491 e. The molecule has 2 N–H and O–H groups in total. The molecule has 21 heavy (non-hydrogen) atoms. The molecule has 0 heterocycles. The van der Waals surface area contributed by atoms with Gasteiger partial charge in [-0.3, -0.25) is 0 Å². The molecule has 1 aromatic carbocycles. The van der Waals surface area contributed by atoms with Crippen molar-refractivity contribution in [3.63, 3.8) is 0 Å². The Morgan fingerprint density at radius 1 is 1.29 bits per heavy atom. The summed E-state index contributed by atoms with van der Waals surface area (Å²) in [5.74, 6) is 1.65. The van der Waals surface area contributed by atoms with Gasteiger partial charge in [0, 0.05) is 12.6 Å². The van der Waals surface area contributed by atoms with Gasteiger partial charge in [-0.25, -0.2) is 0 Å². The molecular weight excluding hydrogens is 262 g/mol. The third kappa shape index (κ3) is 5.01. The minimum Gasteiger partial charge on any atom is -0.491 e. The SMILES string of the molecule is Cc1ccc(C)c(OCC(O)CN[C@H](C)C2CCCC2)c1. The second kappa shape index (κ2) is 7.81. The van der Waals surface area contributed by atoms with Gasteiger partial charge in [0.05, 0.1) is 0 Å². The van der Waals surface area contributed by atoms with Gasteiger partial charge in [-0.2, -0.15) is 0 Å². The predicted octanol–water partition coefficient (Wildman–Crippen LogP) is 3.21. The molecular formula is C18H29NO2. The van der Waals surface area contributed by atoms with Crippen LogP contribution in [0.3, 0.4) is 0 Å². The summed E-state index contributed by atoms with van der Waals surface area (Å²) in [5, 5.41) is 13.5. The highest BCUT2D eigenvalue weighted by molar-refractivity contribution is 5.35. The average Bonchev–Trinajstić information content (AvgIpc) is 3.00. The fourth-order valence-corrected chi connectivity index (χ4v) is 3.05. The summed E-state index contributed by atoms with van der Waals surface area (Å²) in [5.41, 5.74) is 2.29. The molecule has 1 aliphatic carbocycles. The van der Waals surface area contributed by atoms with Crippen LogP contribution in [0, 0.1) is 19.8 Å². The molecule has 0 bridgehead atoms. The summed E-state index contributed by atoms with van der Waals surface area (Å²) in [6, 6.07) is 6.64. The molecule has 1 aromatic rings. The van der Waals surface area contributed by atoms with Gasteiger partial charge in [-0.05, 0) is 56.7 Å². The molecule has 0 radical (unpaired) electrons. The highest BCUT2D eigenvalue weighted by Crippen LogP contribution is 2.27. The van der Waals surface area contributed by atoms with Crippen LogP contribution in [0.1, 0.15) is 43.7 Å². The lowest BCUT2D eigenvalue weighted by Crippen LogP contribution is -2.39. The van der Waals surface area contributed by atoms with E-state index in [0.717, 1.165) is 17.2 Å². The van der Waals surface area contributed by atoms with Gasteiger partial charge in [-0.15, -0.1) is 0 Å². The molecule has 118 valence electrons. The van der Waals surface area contributed by atoms with E-state index in [-0.39, 0.29) is 0 Å². The van der Waals surface area contributed by atoms with Gasteiger partial charge in [0.15, 0.2) is 0 Å². The van der Waals surface area contributed by atoms with E-state index in [4.69, 9.17) is 4.74 Å². The summed E-state index contributed by atoms with van der Waals surface area (Å²) in [6.07, 6.45) is 4.89. The highest BCUT2D eigenvalue weighted by atomic mass is 16.5. The molecule has 0 spiro atoms. The Balaban J connectivity index is 1.71. The maximum Gasteiger partial charge on any atom is 0.122 e. The molecule has 1 aliphatic rings. The Kier molecular flexibility index (Phi) is 6.07. The van der Waals surface area contributed by atoms with E-state index >= 15 is 0 Å². The number of rotatable bonds is 7. The number of aliphatic hydroxyl groups excluding tert-OH is 1. The number of benzene rings is 1. The predicted molar refractivity (Wildman–Crippen MR) is 86.8 cm³/mol. The van der Waals surface area contributed by atoms with Gasteiger partial charge in [0.25, 0.3) is 0 Å². The van der Waals surface area contributed by atoms with Crippen molar-refractivity contribution < 1.29 is 9.84 Å². The Morgan fingerprint density at radius 3 is 2.71 bits per heavy atom. The van der Waals surface area contributed by atoms with E-state index in [1.54, 1.807) is 0 Å². The highest BCUT2D eigenvalue weighted by Gasteiger charge is 2.21. The number of nitrogens with one attached hydrogen (secondary N) is 1. The van der Waals surface area contributed by atoms with Gasteiger partial charge in [0.1, 0.15) is 18.5 Å². The van der Waals surface area contributed by atoms with Crippen molar-refractivity contribution in [3.05, 3.63) is 29.3 Å². The molecule has 0 amide bonds. The lowest BCUT2D eigenvalue weighted by atomic mass is 10.00. The van der Waals surface area contributed by atoms with Crippen LogP contribution < -0.4 is 10.1 Å². The normalized spacial score (nSPS) is 18.7. The van der Waals surface area contributed by atoms with Crippen LogP contribution in [0.2, 0.25) is 0 Å². The fraction of sp³-hybridized carbons (Fsp3) is 0.667. The molecule has 2 rings (SSSR count). The van der Waals surface area contributed by atoms with Crippen molar-refractivity contribution in [2.75, 3.05) is 13.2 Å². The van der Waals surface area contributed by atoms with E-state index in [0.29, 0.717) is 19.2 Å². The van der Waals surface area contributed by atoms with Crippen molar-refractivity contribution in [2.45, 2.75) is 58.6 Å². The summed E-state index contributed by atoms with van der Waals surface area (Å²) >= 11 is 0. The van der Waals surface area contributed by atoms with Crippen molar-refractivity contribution in [1.29, 1.82) is 0 Å². The van der Waals surface area contributed by atoms with Gasteiger partial charge >= 0.3 is 0 Å². The van der Waals surface area contributed by atoms with Gasteiger partial charge in [-0.1, -0.05) is 25.0 Å². The minimum absolute atomic E-state index is 0.342. The van der Waals surface area contributed by atoms with Crippen LogP contribution in [0.5, 0.6) is 5.75 Å². The standard InChI is InChI=1S/C18H29NO2/c1-13-8-9-14(2)18(10-13)21-12-17(20)11-19-15(3)16-6-4-5-7-16/h8-10,15-17,19-20H,4-7,11-12H2,1-3H3/t15-,17?/m1/s1. The van der Waals surface area contributed by atoms with E-state index in [2.05, 4.69) is 24.4 Å². The number of hydrogen-bond acceptors (Lipinski definition) is 3. The first-order valence-electron chi connectivity index (χ1n) is 8.17. The fourth-order valence-electron chi connectivity index (χ4n) is 3.05. The zero-order valence-electron chi connectivity index (χ0n) is 13.6. The maximum atomic E-state index is 10.1. The quantitative estimate of drug-likeness (QED) is 0.810. The minimum atomic E-state index is -0.464. The molecule has 0 aliphatic heterocycles. The zero-order chi connectivity index (χ0) is 15.2. The van der Waals surface area contributed by atoms with Gasteiger partial charge < -0.3 is 15.2 Å². The third-order valence-corrected chi connectivity index (χ3v) is 4.56. The molecule has 1 unspecified atom stereocenters. The van der Waals surface area contributed by atoms with Gasteiger partial charge in [0.2, 0.25) is 0 Å². The first kappa shape index (κ1) is 16.3. The maximum absolute atomic E-state index is 10.1. The van der Waals surface area contributed by atoms with Crippen LogP contribution in [-0.4, -0.2) is 30.4 Å². The number of aliphatic hydroxyl groups is 1. The van der Waals surface area contributed by atoms with Crippen LogP contribution in [0.4, 0.5) is 0 Å². The molecule has 1 fully saturated rings. The Hall–Kier alpha value is -1.06. The summed E-state index contributed by atoms with van der Waals surface area (Å²) in [6.45, 7) is 7.25. The summed E-state index contributed by atoms with van der Waals surface area (Å²) in [4.78, 5) is 0. The average molecular weight is 291 g/mol. The monoisotopic (exact) mass is 291 g/mol. The lowest BCUT2D eigenvalue weighted by Gasteiger charge is -2.22. The first-order valence-corrected chi connectivity index (χ1v) is 8.17. The lowest BCUT2D eigenvalue weighted by molar-refractivity contribution is 0.101. The van der Waals surface area contributed by atoms with Crippen molar-refractivity contribution >= 4 is 0 Å². The molecule has 1 saturated carbocycles. The first-order chi connectivity index (χ1) is 10.1. The summed E-state index contributed by atoms with van der Waals surface area (Å²) in [7, 11) is 0. The second-order valence-corrected chi connectivity index (χ2v) is 6.48. The smallest absolute Gasteiger partial charge is 0.122 e. The van der Waals surface area contributed by atoms with E-state index < -0.39 is 6.10 Å². The Labute approximate surface area is 128 Å². The number of hydrogen-bond donors (Lipinski definition) is 2. The Morgan fingerprint density at radius 2 is 2.00 bits per heavy atom. The van der Waals surface area contributed by atoms with Crippen molar-refractivity contribution in [2.24, 2.45) is 5.92 Å². The molecule has 2 atom stereocenters. The van der Waals surface area contributed by atoms with E-state index in [1.807, 2.05) is 19.9 Å². The molecule has 0 saturated heterocycles. The number of ether oxygens (including phenoxy) is 1. The molecule has 3 heteroatoms. The van der Waals surface area contributed by atoms with Crippen molar-refractivity contribution in [3.8, 4) is 5.75 Å². The van der Waals surface area contributed by atoms with Crippen LogP contribution >= 0.6 is 0 Å². The van der Waals surface area contributed by atoms with E-state index in [1.165, 1.54) is 31.2 Å². The third-order valence-electron chi connectivity index (χ3n) is 4.56. The molecule has 0 aromatic heterocycles. The van der Waals surface area contributed by atoms with Crippen molar-refractivity contribution in [1.82, 2.24) is 5.32 Å². The summed E-state index contributed by atoms with van der Waals surface area (Å²) < 4.78 is 5.75. The molecule has 3 nitrogen and oxygen atoms in total. The van der Waals surface area contributed by atoms with E-state index in [9.17, 15) is 5.11 Å². The topological polar surface area (TPSA) is 41.5 Å². The van der Waals surface area contributed by atoms with Crippen LogP contribution in [0.25, 0.3) is 0 Å². The van der Waals surface area contributed by atoms with Crippen LogP contribution in [-0.2, 0) is 0 Å². The zero-order valence-corrected chi connectivity index (χ0v) is 13.6. The Bertz CT molecular complexity index is 441. The van der Waals surface area contributed by atoms with Crippen LogP contribution in [0.15, 0.2) is 18.2 Å². The number of aryl methyl sites for hydroxylation is 2.